The minimum atomic E-state index is -0.417. The van der Waals surface area contributed by atoms with Gasteiger partial charge in [0.2, 0.25) is 0 Å². The van der Waals surface area contributed by atoms with E-state index in [9.17, 15) is 9.18 Å². The first-order valence-corrected chi connectivity index (χ1v) is 7.32. The van der Waals surface area contributed by atoms with Gasteiger partial charge in [-0.3, -0.25) is 14.7 Å². The second kappa shape index (κ2) is 5.71. The van der Waals surface area contributed by atoms with E-state index in [1.54, 1.807) is 12.1 Å². The van der Waals surface area contributed by atoms with E-state index in [4.69, 9.17) is 23.8 Å². The molecule has 0 spiro atoms. The summed E-state index contributed by atoms with van der Waals surface area (Å²) in [5.41, 5.74) is 2.44. The Bertz CT molecular complexity index is 802. The average Bonchev–Trinajstić information content (AvgIpc) is 2.42. The van der Waals surface area contributed by atoms with Crippen molar-refractivity contribution in [1.82, 2.24) is 14.9 Å². The molecule has 0 unspecified atom stereocenters. The smallest absolute Gasteiger partial charge is 0.255 e. The van der Waals surface area contributed by atoms with Crippen LogP contribution in [0.25, 0.3) is 0 Å². The van der Waals surface area contributed by atoms with Crippen molar-refractivity contribution < 1.29 is 4.39 Å². The predicted molar refractivity (Wildman–Crippen MR) is 81.5 cm³/mol. The summed E-state index contributed by atoms with van der Waals surface area (Å²) in [7, 11) is 0. The highest BCUT2D eigenvalue weighted by Crippen LogP contribution is 2.20. The van der Waals surface area contributed by atoms with Crippen LogP contribution in [0.5, 0.6) is 0 Å². The number of rotatable bonds is 2. The number of fused-ring (bicyclic) bond motifs is 1. The summed E-state index contributed by atoms with van der Waals surface area (Å²) in [5, 5.41) is 0.126. The van der Waals surface area contributed by atoms with E-state index >= 15 is 0 Å². The Labute approximate surface area is 130 Å². The minimum Gasteiger partial charge on any atom is -0.334 e. The van der Waals surface area contributed by atoms with Crippen LogP contribution in [0.15, 0.2) is 23.0 Å². The lowest BCUT2D eigenvalue weighted by Gasteiger charge is -2.27. The van der Waals surface area contributed by atoms with Gasteiger partial charge in [-0.15, -0.1) is 0 Å². The van der Waals surface area contributed by atoms with Crippen LogP contribution < -0.4 is 5.56 Å². The number of hydrogen-bond donors (Lipinski definition) is 2. The molecule has 4 nitrogen and oxygen atoms in total. The first kappa shape index (κ1) is 14.4. The Kier molecular flexibility index (Phi) is 3.93. The lowest BCUT2D eigenvalue weighted by Crippen LogP contribution is -2.34. The van der Waals surface area contributed by atoms with Gasteiger partial charge in [-0.1, -0.05) is 17.7 Å². The second-order valence-corrected chi connectivity index (χ2v) is 5.89. The standard InChI is InChI=1S/C14H13ClFN3OS/c15-10-5-8(1-2-11(10)16)6-19-4-3-9-12(7-19)17-14(21)18-13(9)20/h1-2,5H,3-4,6-7H2,(H2,17,18,20,21). The number of benzene rings is 1. The van der Waals surface area contributed by atoms with Crippen molar-refractivity contribution in [2.24, 2.45) is 0 Å². The van der Waals surface area contributed by atoms with Gasteiger partial charge in [-0.25, -0.2) is 4.39 Å². The van der Waals surface area contributed by atoms with Gasteiger partial charge in [0.1, 0.15) is 5.82 Å². The van der Waals surface area contributed by atoms with E-state index in [2.05, 4.69) is 14.9 Å². The van der Waals surface area contributed by atoms with Gasteiger partial charge >= 0.3 is 0 Å². The van der Waals surface area contributed by atoms with E-state index in [1.807, 2.05) is 0 Å². The summed E-state index contributed by atoms with van der Waals surface area (Å²) >= 11 is 10.8. The van der Waals surface area contributed by atoms with Gasteiger partial charge < -0.3 is 4.98 Å². The predicted octanol–water partition coefficient (Wildman–Crippen LogP) is 2.78. The molecule has 3 rings (SSSR count). The monoisotopic (exact) mass is 325 g/mol. The number of nitrogens with one attached hydrogen (secondary N) is 2. The largest absolute Gasteiger partial charge is 0.334 e. The Morgan fingerprint density at radius 3 is 2.95 bits per heavy atom. The molecule has 0 radical (unpaired) electrons. The number of hydrogen-bond acceptors (Lipinski definition) is 3. The molecule has 2 N–H and O–H groups in total. The van der Waals surface area contributed by atoms with Crippen LogP contribution in [-0.2, 0) is 19.5 Å². The number of H-pyrrole nitrogens is 2. The summed E-state index contributed by atoms with van der Waals surface area (Å²) < 4.78 is 13.5. The van der Waals surface area contributed by atoms with Gasteiger partial charge in [0, 0.05) is 30.9 Å². The van der Waals surface area contributed by atoms with E-state index in [0.29, 0.717) is 24.3 Å². The summed E-state index contributed by atoms with van der Waals surface area (Å²) in [6.45, 7) is 2.01. The second-order valence-electron chi connectivity index (χ2n) is 5.07. The van der Waals surface area contributed by atoms with E-state index in [0.717, 1.165) is 23.4 Å². The lowest BCUT2D eigenvalue weighted by molar-refractivity contribution is 0.240. The third-order valence-corrected chi connectivity index (χ3v) is 4.07. The van der Waals surface area contributed by atoms with Crippen molar-refractivity contribution in [3.63, 3.8) is 0 Å². The molecule has 21 heavy (non-hydrogen) atoms. The van der Waals surface area contributed by atoms with Crippen LogP contribution >= 0.6 is 23.8 Å². The highest BCUT2D eigenvalue weighted by atomic mass is 35.5. The molecule has 1 aromatic heterocycles. The molecule has 2 heterocycles. The van der Waals surface area contributed by atoms with Gasteiger partial charge in [0.05, 0.1) is 5.02 Å². The quantitative estimate of drug-likeness (QED) is 0.835. The number of aromatic nitrogens is 2. The van der Waals surface area contributed by atoms with Crippen LogP contribution in [0.2, 0.25) is 5.02 Å². The zero-order valence-electron chi connectivity index (χ0n) is 11.1. The number of halogens is 2. The highest BCUT2D eigenvalue weighted by molar-refractivity contribution is 7.71. The van der Waals surface area contributed by atoms with Crippen LogP contribution in [0.1, 0.15) is 16.8 Å². The molecule has 2 aromatic rings. The maximum Gasteiger partial charge on any atom is 0.255 e. The maximum atomic E-state index is 13.2. The molecule has 0 saturated heterocycles. The van der Waals surface area contributed by atoms with Crippen LogP contribution in [-0.4, -0.2) is 21.4 Å². The maximum absolute atomic E-state index is 13.2. The molecule has 1 aromatic carbocycles. The number of nitrogens with zero attached hydrogens (tertiary/aromatic N) is 1. The lowest BCUT2D eigenvalue weighted by atomic mass is 10.1. The van der Waals surface area contributed by atoms with Gasteiger partial charge in [-0.05, 0) is 36.3 Å². The molecule has 0 atom stereocenters. The highest BCUT2D eigenvalue weighted by Gasteiger charge is 2.19. The summed E-state index contributed by atoms with van der Waals surface area (Å²) in [6.07, 6.45) is 0.658. The third-order valence-electron chi connectivity index (χ3n) is 3.58. The Morgan fingerprint density at radius 1 is 1.38 bits per heavy atom. The van der Waals surface area contributed by atoms with Crippen molar-refractivity contribution in [2.45, 2.75) is 19.5 Å². The molecular formula is C14H13ClFN3OS. The van der Waals surface area contributed by atoms with Crippen molar-refractivity contribution >= 4 is 23.8 Å². The summed E-state index contributed by atoms with van der Waals surface area (Å²) in [4.78, 5) is 19.6. The molecule has 1 aliphatic rings. The molecule has 7 heteroatoms. The zero-order valence-corrected chi connectivity index (χ0v) is 12.7. The first-order chi connectivity index (χ1) is 10.0. The van der Waals surface area contributed by atoms with E-state index in [-0.39, 0.29) is 10.6 Å². The molecule has 0 amide bonds. The Hall–Kier alpha value is -1.50. The van der Waals surface area contributed by atoms with Crippen molar-refractivity contribution in [3.05, 3.63) is 61.0 Å². The summed E-state index contributed by atoms with van der Waals surface area (Å²) in [5.74, 6) is -0.417. The van der Waals surface area contributed by atoms with Crippen LogP contribution in [0, 0.1) is 10.6 Å². The zero-order chi connectivity index (χ0) is 15.0. The molecule has 0 fully saturated rings. The van der Waals surface area contributed by atoms with Crippen LogP contribution in [0.3, 0.4) is 0 Å². The average molecular weight is 326 g/mol. The summed E-state index contributed by atoms with van der Waals surface area (Å²) in [6, 6.07) is 4.72. The van der Waals surface area contributed by atoms with E-state index < -0.39 is 5.82 Å². The van der Waals surface area contributed by atoms with Crippen LogP contribution in [0.4, 0.5) is 4.39 Å². The minimum absolute atomic E-state index is 0.113. The normalized spacial score (nSPS) is 15.0. The fourth-order valence-electron chi connectivity index (χ4n) is 2.56. The Morgan fingerprint density at radius 2 is 2.19 bits per heavy atom. The third kappa shape index (κ3) is 3.07. The number of aromatic amines is 2. The van der Waals surface area contributed by atoms with Crippen molar-refractivity contribution in [2.75, 3.05) is 6.54 Å². The molecular weight excluding hydrogens is 313 g/mol. The fourth-order valence-corrected chi connectivity index (χ4v) is 2.98. The molecule has 110 valence electrons. The molecule has 0 saturated carbocycles. The van der Waals surface area contributed by atoms with Crippen molar-refractivity contribution in [3.8, 4) is 0 Å². The van der Waals surface area contributed by atoms with Crippen molar-refractivity contribution in [1.29, 1.82) is 0 Å². The molecule has 0 aliphatic carbocycles. The topological polar surface area (TPSA) is 51.9 Å². The van der Waals surface area contributed by atoms with Gasteiger partial charge in [-0.2, -0.15) is 0 Å². The molecule has 0 bridgehead atoms. The van der Waals surface area contributed by atoms with Gasteiger partial charge in [0.25, 0.3) is 5.56 Å². The Balaban J connectivity index is 1.81. The SMILES string of the molecule is O=c1[nH]c(=S)[nH]c2c1CCN(Cc1ccc(F)c(Cl)c1)C2. The fraction of sp³-hybridized carbons (Fsp3) is 0.286. The van der Waals surface area contributed by atoms with E-state index in [1.165, 1.54) is 6.07 Å². The van der Waals surface area contributed by atoms with Gasteiger partial charge in [0.15, 0.2) is 4.77 Å². The first-order valence-electron chi connectivity index (χ1n) is 6.53. The molecule has 1 aliphatic heterocycles.